The SMILES string of the molecule is CCN1CCON(c2cc(-c3cccs3)c3ccccc3n2)CC1. The standard InChI is InChI=1S/C19H21N3OS/c1-2-21-9-10-22(23-12-11-21)19-14-16(18-8-5-13-24-18)15-6-3-4-7-17(15)20-19/h3-8,13-14H,2,9-12H2,1H3. The van der Waals surface area contributed by atoms with Crippen LogP contribution in [0, 0.1) is 0 Å². The van der Waals surface area contributed by atoms with Crippen LogP contribution in [0.25, 0.3) is 21.3 Å². The van der Waals surface area contributed by atoms with Crippen LogP contribution in [0.4, 0.5) is 5.82 Å². The lowest BCUT2D eigenvalue weighted by Crippen LogP contribution is -2.30. The molecule has 0 saturated carbocycles. The summed E-state index contributed by atoms with van der Waals surface area (Å²) in [5.41, 5.74) is 2.24. The number of nitrogens with zero attached hydrogens (tertiary/aromatic N) is 3. The summed E-state index contributed by atoms with van der Waals surface area (Å²) in [5.74, 6) is 0.898. The summed E-state index contributed by atoms with van der Waals surface area (Å²) in [6.07, 6.45) is 0. The number of thiophene rings is 1. The Kier molecular flexibility index (Phi) is 4.47. The molecule has 1 fully saturated rings. The second-order valence-corrected chi connectivity index (χ2v) is 6.84. The fraction of sp³-hybridized carbons (Fsp3) is 0.316. The number of para-hydroxylation sites is 1. The maximum atomic E-state index is 5.97. The lowest BCUT2D eigenvalue weighted by molar-refractivity contribution is 0.116. The molecule has 2 aromatic heterocycles. The normalized spacial score (nSPS) is 16.5. The first-order valence-corrected chi connectivity index (χ1v) is 9.29. The summed E-state index contributed by atoms with van der Waals surface area (Å²) >= 11 is 1.76. The van der Waals surface area contributed by atoms with Crippen molar-refractivity contribution >= 4 is 28.1 Å². The van der Waals surface area contributed by atoms with Gasteiger partial charge in [-0.05, 0) is 30.1 Å². The van der Waals surface area contributed by atoms with Gasteiger partial charge in [-0.15, -0.1) is 11.3 Å². The Morgan fingerprint density at radius 3 is 2.88 bits per heavy atom. The average Bonchev–Trinajstić information content (AvgIpc) is 3.05. The summed E-state index contributed by atoms with van der Waals surface area (Å²) in [7, 11) is 0. The predicted molar refractivity (Wildman–Crippen MR) is 100 cm³/mol. The lowest BCUT2D eigenvalue weighted by atomic mass is 10.1. The molecule has 124 valence electrons. The van der Waals surface area contributed by atoms with E-state index in [9.17, 15) is 0 Å². The van der Waals surface area contributed by atoms with Crippen LogP contribution in [0.3, 0.4) is 0 Å². The van der Waals surface area contributed by atoms with E-state index in [1.165, 1.54) is 15.8 Å². The molecule has 1 aliphatic rings. The quantitative estimate of drug-likeness (QED) is 0.720. The van der Waals surface area contributed by atoms with E-state index in [0.29, 0.717) is 6.61 Å². The molecule has 0 aliphatic carbocycles. The topological polar surface area (TPSA) is 28.6 Å². The van der Waals surface area contributed by atoms with E-state index in [4.69, 9.17) is 9.82 Å². The molecular formula is C19H21N3OS. The number of hydrogen-bond acceptors (Lipinski definition) is 5. The largest absolute Gasteiger partial charge is 0.299 e. The Balaban J connectivity index is 1.76. The van der Waals surface area contributed by atoms with E-state index in [-0.39, 0.29) is 0 Å². The minimum Gasteiger partial charge on any atom is -0.299 e. The number of rotatable bonds is 3. The molecular weight excluding hydrogens is 318 g/mol. The van der Waals surface area contributed by atoms with Crippen molar-refractivity contribution in [3.8, 4) is 10.4 Å². The minimum absolute atomic E-state index is 0.705. The highest BCUT2D eigenvalue weighted by atomic mass is 32.1. The number of likely N-dealkylation sites (N-methyl/N-ethyl adjacent to an activating group) is 1. The zero-order valence-corrected chi connectivity index (χ0v) is 14.6. The molecule has 1 aliphatic heterocycles. The number of anilines is 1. The number of hydrogen-bond donors (Lipinski definition) is 0. The summed E-state index contributed by atoms with van der Waals surface area (Å²) in [4.78, 5) is 14.5. The number of hydroxylamine groups is 1. The van der Waals surface area contributed by atoms with Crippen molar-refractivity contribution in [1.82, 2.24) is 9.88 Å². The van der Waals surface area contributed by atoms with Crippen LogP contribution in [0.2, 0.25) is 0 Å². The lowest BCUT2D eigenvalue weighted by Gasteiger charge is -2.22. The van der Waals surface area contributed by atoms with E-state index in [0.717, 1.165) is 37.5 Å². The molecule has 0 unspecified atom stereocenters. The van der Waals surface area contributed by atoms with Gasteiger partial charge in [0.15, 0.2) is 5.82 Å². The molecule has 4 rings (SSSR count). The molecule has 5 heteroatoms. The van der Waals surface area contributed by atoms with Crippen molar-refractivity contribution in [1.29, 1.82) is 0 Å². The van der Waals surface area contributed by atoms with Crippen molar-refractivity contribution < 1.29 is 4.84 Å². The molecule has 24 heavy (non-hydrogen) atoms. The van der Waals surface area contributed by atoms with E-state index in [2.05, 4.69) is 53.6 Å². The molecule has 1 saturated heterocycles. The third-order valence-electron chi connectivity index (χ3n) is 4.47. The summed E-state index contributed by atoms with van der Waals surface area (Å²) < 4.78 is 0. The van der Waals surface area contributed by atoms with Crippen molar-refractivity contribution in [2.45, 2.75) is 6.92 Å². The van der Waals surface area contributed by atoms with Gasteiger partial charge in [0.25, 0.3) is 0 Å². The van der Waals surface area contributed by atoms with E-state index >= 15 is 0 Å². The molecule has 3 heterocycles. The Morgan fingerprint density at radius 2 is 2.04 bits per heavy atom. The van der Waals surface area contributed by atoms with Crippen molar-refractivity contribution in [2.24, 2.45) is 0 Å². The van der Waals surface area contributed by atoms with Crippen LogP contribution in [-0.4, -0.2) is 42.7 Å². The van der Waals surface area contributed by atoms with Gasteiger partial charge in [-0.1, -0.05) is 31.2 Å². The first-order chi connectivity index (χ1) is 11.8. The number of benzene rings is 1. The Hall–Kier alpha value is -1.95. The molecule has 4 nitrogen and oxygen atoms in total. The molecule has 0 bridgehead atoms. The maximum Gasteiger partial charge on any atom is 0.153 e. The minimum atomic E-state index is 0.705. The monoisotopic (exact) mass is 339 g/mol. The number of pyridine rings is 1. The van der Waals surface area contributed by atoms with Gasteiger partial charge in [0.2, 0.25) is 0 Å². The van der Waals surface area contributed by atoms with Gasteiger partial charge >= 0.3 is 0 Å². The van der Waals surface area contributed by atoms with E-state index in [1.54, 1.807) is 11.3 Å². The second kappa shape index (κ2) is 6.89. The first kappa shape index (κ1) is 15.6. The van der Waals surface area contributed by atoms with Crippen LogP contribution >= 0.6 is 11.3 Å². The second-order valence-electron chi connectivity index (χ2n) is 5.89. The highest BCUT2D eigenvalue weighted by molar-refractivity contribution is 7.13. The van der Waals surface area contributed by atoms with Gasteiger partial charge in [-0.25, -0.2) is 10.0 Å². The van der Waals surface area contributed by atoms with E-state index < -0.39 is 0 Å². The van der Waals surface area contributed by atoms with Crippen LogP contribution in [0.5, 0.6) is 0 Å². The van der Waals surface area contributed by atoms with Crippen LogP contribution in [0.15, 0.2) is 47.8 Å². The van der Waals surface area contributed by atoms with Gasteiger partial charge in [0.05, 0.1) is 18.7 Å². The zero-order chi connectivity index (χ0) is 16.4. The molecule has 0 N–H and O–H groups in total. The molecule has 3 aromatic rings. The average molecular weight is 339 g/mol. The van der Waals surface area contributed by atoms with E-state index in [1.807, 2.05) is 11.1 Å². The molecule has 1 aromatic carbocycles. The molecule has 0 spiro atoms. The van der Waals surface area contributed by atoms with Crippen LogP contribution in [0.1, 0.15) is 6.92 Å². The third-order valence-corrected chi connectivity index (χ3v) is 5.37. The molecule has 0 radical (unpaired) electrons. The predicted octanol–water partition coefficient (Wildman–Crippen LogP) is 4.04. The van der Waals surface area contributed by atoms with Crippen molar-refractivity contribution in [3.63, 3.8) is 0 Å². The zero-order valence-electron chi connectivity index (χ0n) is 13.8. The highest BCUT2D eigenvalue weighted by Gasteiger charge is 2.18. The van der Waals surface area contributed by atoms with Crippen molar-refractivity contribution in [2.75, 3.05) is 37.8 Å². The summed E-state index contributed by atoms with van der Waals surface area (Å²) in [6.45, 7) is 6.76. The van der Waals surface area contributed by atoms with Crippen LogP contribution < -0.4 is 5.06 Å². The third kappa shape index (κ3) is 3.02. The number of fused-ring (bicyclic) bond motifs is 1. The maximum absolute atomic E-state index is 5.97. The van der Waals surface area contributed by atoms with Crippen LogP contribution in [-0.2, 0) is 4.84 Å². The Labute approximate surface area is 146 Å². The smallest absolute Gasteiger partial charge is 0.153 e. The molecule has 0 amide bonds. The van der Waals surface area contributed by atoms with Gasteiger partial charge < -0.3 is 0 Å². The van der Waals surface area contributed by atoms with Gasteiger partial charge in [-0.3, -0.25) is 9.74 Å². The van der Waals surface area contributed by atoms with Gasteiger partial charge in [0.1, 0.15) is 0 Å². The van der Waals surface area contributed by atoms with Crippen molar-refractivity contribution in [3.05, 3.63) is 47.8 Å². The Bertz CT molecular complexity index is 819. The fourth-order valence-corrected chi connectivity index (χ4v) is 3.87. The highest BCUT2D eigenvalue weighted by Crippen LogP contribution is 2.34. The summed E-state index contributed by atoms with van der Waals surface area (Å²) in [5, 5.41) is 5.26. The van der Waals surface area contributed by atoms with Gasteiger partial charge in [0, 0.05) is 28.9 Å². The van der Waals surface area contributed by atoms with Gasteiger partial charge in [-0.2, -0.15) is 0 Å². The number of aromatic nitrogens is 1. The summed E-state index contributed by atoms with van der Waals surface area (Å²) in [6, 6.07) is 14.8. The molecule has 0 atom stereocenters. The Morgan fingerprint density at radius 1 is 1.12 bits per heavy atom. The first-order valence-electron chi connectivity index (χ1n) is 8.41. The fourth-order valence-electron chi connectivity index (χ4n) is 3.11.